The van der Waals surface area contributed by atoms with Crippen LogP contribution in [0, 0.1) is 0 Å². The number of carbonyl (C=O) groups excluding carboxylic acids is 1. The Labute approximate surface area is 136 Å². The summed E-state index contributed by atoms with van der Waals surface area (Å²) in [5, 5.41) is 14.2. The number of phenolic OH excluding ortho intramolecular Hbond substituents is 1. The highest BCUT2D eigenvalue weighted by molar-refractivity contribution is 6.32. The average Bonchev–Trinajstić information content (AvgIpc) is 2.52. The fourth-order valence-electron chi connectivity index (χ4n) is 3.54. The maximum Gasteiger partial charge on any atom is 0.258 e. The molecule has 0 spiro atoms. The van der Waals surface area contributed by atoms with Crippen LogP contribution in [0.25, 0.3) is 0 Å². The third-order valence-electron chi connectivity index (χ3n) is 4.94. The number of phenols is 1. The van der Waals surface area contributed by atoms with E-state index in [2.05, 4.69) is 5.01 Å². The number of nitrogens with zero attached hydrogens (tertiary/aromatic N) is 2. The molecule has 2 aliphatic rings. The number of hydrogen-bond donors (Lipinski definition) is 1. The molecule has 0 unspecified atom stereocenters. The van der Waals surface area contributed by atoms with Gasteiger partial charge in [0.15, 0.2) is 0 Å². The quantitative estimate of drug-likeness (QED) is 0.922. The average molecular weight is 323 g/mol. The molecule has 2 fully saturated rings. The van der Waals surface area contributed by atoms with E-state index < -0.39 is 5.54 Å². The van der Waals surface area contributed by atoms with E-state index in [0.717, 1.165) is 18.4 Å². The number of hydrogen-bond acceptors (Lipinski definition) is 3. The maximum absolute atomic E-state index is 12.5. The van der Waals surface area contributed by atoms with Crippen molar-refractivity contribution in [3.8, 4) is 5.75 Å². The van der Waals surface area contributed by atoms with Gasteiger partial charge in [0, 0.05) is 12.6 Å². The Balaban J connectivity index is 1.82. The SMILES string of the molecule is CC1(C)C(=O)N(C2CCCCC2)N1Cc1cccc(O)c1Cl. The predicted octanol–water partition coefficient (Wildman–Crippen LogP) is 3.72. The van der Waals surface area contributed by atoms with Gasteiger partial charge in [-0.3, -0.25) is 9.80 Å². The normalized spacial score (nSPS) is 22.7. The first-order valence-electron chi connectivity index (χ1n) is 8.00. The van der Waals surface area contributed by atoms with Gasteiger partial charge in [0.25, 0.3) is 5.91 Å². The Bertz CT molecular complexity index is 582. The predicted molar refractivity (Wildman–Crippen MR) is 86.5 cm³/mol. The lowest BCUT2D eigenvalue weighted by atomic mass is 9.89. The van der Waals surface area contributed by atoms with Crippen molar-refractivity contribution < 1.29 is 9.90 Å². The molecule has 1 aromatic carbocycles. The van der Waals surface area contributed by atoms with Gasteiger partial charge in [-0.25, -0.2) is 0 Å². The van der Waals surface area contributed by atoms with Gasteiger partial charge < -0.3 is 5.11 Å². The van der Waals surface area contributed by atoms with Gasteiger partial charge in [0.2, 0.25) is 0 Å². The molecule has 1 aromatic rings. The lowest BCUT2D eigenvalue weighted by Gasteiger charge is -2.59. The zero-order chi connectivity index (χ0) is 15.9. The summed E-state index contributed by atoms with van der Waals surface area (Å²) in [6, 6.07) is 5.58. The maximum atomic E-state index is 12.5. The van der Waals surface area contributed by atoms with Gasteiger partial charge in [-0.2, -0.15) is 5.01 Å². The van der Waals surface area contributed by atoms with Crippen LogP contribution in [0.5, 0.6) is 5.75 Å². The summed E-state index contributed by atoms with van der Waals surface area (Å²) in [6.45, 7) is 4.44. The summed E-state index contributed by atoms with van der Waals surface area (Å²) in [4.78, 5) is 12.5. The molecule has 1 N–H and O–H groups in total. The van der Waals surface area contributed by atoms with E-state index in [1.54, 1.807) is 12.1 Å². The number of carbonyl (C=O) groups is 1. The van der Waals surface area contributed by atoms with Crippen LogP contribution in [-0.4, -0.2) is 32.6 Å². The Morgan fingerprint density at radius 1 is 1.27 bits per heavy atom. The molecule has 1 saturated heterocycles. The van der Waals surface area contributed by atoms with Crippen molar-refractivity contribution in [3.05, 3.63) is 28.8 Å². The number of rotatable bonds is 3. The van der Waals surface area contributed by atoms with Gasteiger partial charge in [0.1, 0.15) is 11.3 Å². The van der Waals surface area contributed by atoms with Crippen LogP contribution in [0.15, 0.2) is 18.2 Å². The number of hydrazine groups is 1. The molecular formula is C17H23ClN2O2. The highest BCUT2D eigenvalue weighted by atomic mass is 35.5. The molecule has 1 heterocycles. The minimum Gasteiger partial charge on any atom is -0.506 e. The summed E-state index contributed by atoms with van der Waals surface area (Å²) in [5.74, 6) is 0.281. The summed E-state index contributed by atoms with van der Waals surface area (Å²) in [5.41, 5.74) is 0.342. The van der Waals surface area contributed by atoms with Crippen LogP contribution in [0.2, 0.25) is 5.02 Å². The monoisotopic (exact) mass is 322 g/mol. The molecule has 22 heavy (non-hydrogen) atoms. The highest BCUT2D eigenvalue weighted by Crippen LogP contribution is 2.40. The third kappa shape index (κ3) is 2.48. The highest BCUT2D eigenvalue weighted by Gasteiger charge is 2.54. The molecule has 1 aliphatic carbocycles. The first kappa shape index (κ1) is 15.6. The van der Waals surface area contributed by atoms with E-state index in [0.29, 0.717) is 17.6 Å². The lowest BCUT2D eigenvalue weighted by Crippen LogP contribution is -2.76. The van der Waals surface area contributed by atoms with E-state index in [1.807, 2.05) is 24.9 Å². The van der Waals surface area contributed by atoms with Crippen molar-refractivity contribution in [2.75, 3.05) is 0 Å². The van der Waals surface area contributed by atoms with E-state index in [1.165, 1.54) is 19.3 Å². The Kier molecular flexibility index (Phi) is 4.08. The second kappa shape index (κ2) is 5.74. The molecule has 1 aliphatic heterocycles. The molecule has 120 valence electrons. The Hall–Kier alpha value is -1.26. The summed E-state index contributed by atoms with van der Waals surface area (Å²) < 4.78 is 0. The third-order valence-corrected chi connectivity index (χ3v) is 5.37. The van der Waals surface area contributed by atoms with Crippen LogP contribution < -0.4 is 0 Å². The minimum absolute atomic E-state index is 0.0908. The van der Waals surface area contributed by atoms with E-state index in [4.69, 9.17) is 11.6 Å². The largest absolute Gasteiger partial charge is 0.506 e. The molecule has 1 amide bonds. The van der Waals surface area contributed by atoms with Crippen molar-refractivity contribution in [3.63, 3.8) is 0 Å². The van der Waals surface area contributed by atoms with E-state index in [-0.39, 0.29) is 11.7 Å². The molecule has 1 saturated carbocycles. The summed E-state index contributed by atoms with van der Waals surface area (Å²) in [6.07, 6.45) is 5.80. The Morgan fingerprint density at radius 2 is 1.95 bits per heavy atom. The van der Waals surface area contributed by atoms with Gasteiger partial charge in [-0.05, 0) is 38.3 Å². The molecule has 5 heteroatoms. The topological polar surface area (TPSA) is 43.8 Å². The molecule has 0 bridgehead atoms. The summed E-state index contributed by atoms with van der Waals surface area (Å²) >= 11 is 6.20. The van der Waals surface area contributed by atoms with Crippen molar-refractivity contribution in [1.82, 2.24) is 10.0 Å². The second-order valence-electron chi connectivity index (χ2n) is 6.81. The molecule has 3 rings (SSSR count). The van der Waals surface area contributed by atoms with Crippen LogP contribution in [0.4, 0.5) is 0 Å². The zero-order valence-corrected chi connectivity index (χ0v) is 13.9. The Morgan fingerprint density at radius 3 is 2.64 bits per heavy atom. The van der Waals surface area contributed by atoms with Crippen LogP contribution in [-0.2, 0) is 11.3 Å². The number of halogens is 1. The van der Waals surface area contributed by atoms with Gasteiger partial charge >= 0.3 is 0 Å². The van der Waals surface area contributed by atoms with Crippen molar-refractivity contribution >= 4 is 17.5 Å². The van der Waals surface area contributed by atoms with Crippen LogP contribution in [0.1, 0.15) is 51.5 Å². The van der Waals surface area contributed by atoms with Gasteiger partial charge in [-0.15, -0.1) is 0 Å². The molecule has 0 aromatic heterocycles. The smallest absolute Gasteiger partial charge is 0.258 e. The molecule has 0 atom stereocenters. The van der Waals surface area contributed by atoms with Crippen molar-refractivity contribution in [1.29, 1.82) is 0 Å². The first-order valence-corrected chi connectivity index (χ1v) is 8.38. The van der Waals surface area contributed by atoms with E-state index >= 15 is 0 Å². The van der Waals surface area contributed by atoms with Gasteiger partial charge in [-0.1, -0.05) is 43.0 Å². The number of benzene rings is 1. The minimum atomic E-state index is -0.508. The first-order chi connectivity index (χ1) is 10.4. The standard InChI is InChI=1S/C17H23ClN2O2/c1-17(2)16(22)20(13-8-4-3-5-9-13)19(17)11-12-7-6-10-14(21)15(12)18/h6-7,10,13,21H,3-5,8-9,11H2,1-2H3. The summed E-state index contributed by atoms with van der Waals surface area (Å²) in [7, 11) is 0. The second-order valence-corrected chi connectivity index (χ2v) is 7.19. The van der Waals surface area contributed by atoms with E-state index in [9.17, 15) is 9.90 Å². The molecular weight excluding hydrogens is 300 g/mol. The number of amides is 1. The van der Waals surface area contributed by atoms with Crippen LogP contribution >= 0.6 is 11.6 Å². The van der Waals surface area contributed by atoms with Crippen molar-refractivity contribution in [2.45, 2.75) is 64.1 Å². The zero-order valence-electron chi connectivity index (χ0n) is 13.2. The lowest BCUT2D eigenvalue weighted by molar-refractivity contribution is -0.231. The van der Waals surface area contributed by atoms with Crippen LogP contribution in [0.3, 0.4) is 0 Å². The fourth-order valence-corrected chi connectivity index (χ4v) is 3.72. The molecule has 4 nitrogen and oxygen atoms in total. The molecule has 0 radical (unpaired) electrons. The van der Waals surface area contributed by atoms with Gasteiger partial charge in [0.05, 0.1) is 5.02 Å². The fraction of sp³-hybridized carbons (Fsp3) is 0.588. The number of aromatic hydroxyl groups is 1. The van der Waals surface area contributed by atoms with Crippen molar-refractivity contribution in [2.24, 2.45) is 0 Å².